The third-order valence-electron chi connectivity index (χ3n) is 5.53. The number of hydrogen-bond donors (Lipinski definition) is 0. The van der Waals surface area contributed by atoms with Crippen molar-refractivity contribution in [3.05, 3.63) is 48.2 Å². The second-order valence-electron chi connectivity index (χ2n) is 8.10. The van der Waals surface area contributed by atoms with Crippen LogP contribution in [0, 0.1) is 0 Å². The number of rotatable bonds is 9. The summed E-state index contributed by atoms with van der Waals surface area (Å²) in [6.07, 6.45) is 3.75. The van der Waals surface area contributed by atoms with E-state index in [2.05, 4.69) is 39.4 Å². The highest BCUT2D eigenvalue weighted by molar-refractivity contribution is 7.99. The lowest BCUT2D eigenvalue weighted by Gasteiger charge is -2.26. The van der Waals surface area contributed by atoms with E-state index in [1.54, 1.807) is 6.26 Å². The second kappa shape index (κ2) is 10.2. The molecule has 0 saturated carbocycles. The molecule has 0 N–H and O–H groups in total. The maximum atomic E-state index is 13.2. The molecule has 0 unspecified atom stereocenters. The molecule has 0 radical (unpaired) electrons. The van der Waals surface area contributed by atoms with Gasteiger partial charge in [0.1, 0.15) is 0 Å². The molecule has 1 amide bonds. The minimum atomic E-state index is 0.0599. The first kappa shape index (κ1) is 22.4. The summed E-state index contributed by atoms with van der Waals surface area (Å²) >= 11 is 1.39. The molecule has 1 aliphatic heterocycles. The molecule has 0 bridgehead atoms. The average Bonchev–Trinajstić information content (AvgIpc) is 3.55. The van der Waals surface area contributed by atoms with Crippen LogP contribution in [0.15, 0.2) is 52.2 Å². The zero-order valence-electron chi connectivity index (χ0n) is 18.7. The third kappa shape index (κ3) is 5.34. The Bertz CT molecular complexity index is 1010. The number of carbonyl (C=O) groups is 1. The largest absolute Gasteiger partial charge is 0.461 e. The van der Waals surface area contributed by atoms with Crippen LogP contribution in [0.5, 0.6) is 0 Å². The number of ether oxygens (including phenoxy) is 1. The molecule has 9 heteroatoms. The number of nitrogens with zero attached hydrogens (tertiary/aromatic N) is 5. The monoisotopic (exact) mass is 455 g/mol. The van der Waals surface area contributed by atoms with Crippen molar-refractivity contribution in [1.29, 1.82) is 0 Å². The van der Waals surface area contributed by atoms with Gasteiger partial charge in [0.2, 0.25) is 5.91 Å². The van der Waals surface area contributed by atoms with Gasteiger partial charge in [0, 0.05) is 46.5 Å². The Morgan fingerprint density at radius 1 is 1.22 bits per heavy atom. The fourth-order valence-electron chi connectivity index (χ4n) is 3.69. The van der Waals surface area contributed by atoms with E-state index in [1.807, 2.05) is 42.7 Å². The standard InChI is InChI=1S/C23H29N5O3S/c1-26(2)18-10-8-17(9-11-18)14-28(15-19-6-4-12-30-19)21(29)16-32-23-25-24-22(27(23)3)20-7-5-13-31-20/h5,7-11,13,19H,4,6,12,14-16H2,1-3H3/t19-/m1/s1. The fourth-order valence-corrected chi connectivity index (χ4v) is 4.50. The van der Waals surface area contributed by atoms with Gasteiger partial charge in [-0.15, -0.1) is 10.2 Å². The molecule has 2 aromatic heterocycles. The van der Waals surface area contributed by atoms with Crippen molar-refractivity contribution in [2.45, 2.75) is 30.6 Å². The number of thioether (sulfide) groups is 1. The average molecular weight is 456 g/mol. The number of amides is 1. The predicted octanol–water partition coefficient (Wildman–Crippen LogP) is 3.44. The number of aromatic nitrogens is 3. The summed E-state index contributed by atoms with van der Waals surface area (Å²) < 4.78 is 13.1. The van der Waals surface area contributed by atoms with Crippen LogP contribution in [0.1, 0.15) is 18.4 Å². The number of anilines is 1. The molecule has 170 valence electrons. The molecule has 3 aromatic rings. The SMILES string of the molecule is CN(C)c1ccc(CN(C[C@H]2CCCO2)C(=O)CSc2nnc(-c3ccco3)n2C)cc1. The Balaban J connectivity index is 1.42. The quantitative estimate of drug-likeness (QED) is 0.458. The van der Waals surface area contributed by atoms with Gasteiger partial charge in [-0.3, -0.25) is 4.79 Å². The van der Waals surface area contributed by atoms with Crippen LogP contribution in [0.3, 0.4) is 0 Å². The number of hydrogen-bond acceptors (Lipinski definition) is 7. The molecule has 1 aliphatic rings. The van der Waals surface area contributed by atoms with E-state index in [9.17, 15) is 4.79 Å². The Morgan fingerprint density at radius 3 is 2.69 bits per heavy atom. The van der Waals surface area contributed by atoms with E-state index in [4.69, 9.17) is 9.15 Å². The Labute approximate surface area is 192 Å². The molecule has 3 heterocycles. The van der Waals surface area contributed by atoms with Crippen LogP contribution in [0.4, 0.5) is 5.69 Å². The van der Waals surface area contributed by atoms with Gasteiger partial charge in [0.15, 0.2) is 16.7 Å². The molecule has 8 nitrogen and oxygen atoms in total. The number of furan rings is 1. The molecule has 1 aromatic carbocycles. The van der Waals surface area contributed by atoms with E-state index in [1.165, 1.54) is 11.8 Å². The fraction of sp³-hybridized carbons (Fsp3) is 0.435. The summed E-state index contributed by atoms with van der Waals surface area (Å²) in [5.41, 5.74) is 2.24. The van der Waals surface area contributed by atoms with Crippen molar-refractivity contribution in [3.8, 4) is 11.6 Å². The Hall–Kier alpha value is -2.78. The van der Waals surface area contributed by atoms with Crippen LogP contribution in [0.25, 0.3) is 11.6 Å². The zero-order valence-corrected chi connectivity index (χ0v) is 19.5. The Morgan fingerprint density at radius 2 is 2.03 bits per heavy atom. The molecule has 0 spiro atoms. The molecular formula is C23H29N5O3S. The minimum Gasteiger partial charge on any atom is -0.461 e. The summed E-state index contributed by atoms with van der Waals surface area (Å²) in [6.45, 7) is 1.93. The first-order valence-corrected chi connectivity index (χ1v) is 11.7. The highest BCUT2D eigenvalue weighted by Crippen LogP contribution is 2.24. The van der Waals surface area contributed by atoms with E-state index < -0.39 is 0 Å². The maximum Gasteiger partial charge on any atom is 0.233 e. The second-order valence-corrected chi connectivity index (χ2v) is 9.04. The van der Waals surface area contributed by atoms with Gasteiger partial charge in [0.25, 0.3) is 0 Å². The van der Waals surface area contributed by atoms with Gasteiger partial charge < -0.3 is 23.5 Å². The lowest BCUT2D eigenvalue weighted by Crippen LogP contribution is -2.38. The normalized spacial score (nSPS) is 15.8. The highest BCUT2D eigenvalue weighted by atomic mass is 32.2. The van der Waals surface area contributed by atoms with E-state index in [0.717, 1.165) is 30.7 Å². The van der Waals surface area contributed by atoms with E-state index in [0.29, 0.717) is 29.8 Å². The van der Waals surface area contributed by atoms with Crippen molar-refractivity contribution in [2.75, 3.05) is 37.9 Å². The summed E-state index contributed by atoms with van der Waals surface area (Å²) in [5.74, 6) is 1.64. The van der Waals surface area contributed by atoms with Gasteiger partial charge in [-0.05, 0) is 42.7 Å². The van der Waals surface area contributed by atoms with Gasteiger partial charge in [0.05, 0.1) is 18.1 Å². The zero-order chi connectivity index (χ0) is 22.5. The van der Waals surface area contributed by atoms with Crippen molar-refractivity contribution in [1.82, 2.24) is 19.7 Å². The van der Waals surface area contributed by atoms with Crippen LogP contribution >= 0.6 is 11.8 Å². The molecular weight excluding hydrogens is 426 g/mol. The lowest BCUT2D eigenvalue weighted by molar-refractivity contribution is -0.130. The van der Waals surface area contributed by atoms with Crippen molar-refractivity contribution in [2.24, 2.45) is 7.05 Å². The van der Waals surface area contributed by atoms with Gasteiger partial charge in [-0.25, -0.2) is 0 Å². The summed E-state index contributed by atoms with van der Waals surface area (Å²) in [5, 5.41) is 9.11. The molecule has 1 saturated heterocycles. The summed E-state index contributed by atoms with van der Waals surface area (Å²) in [6, 6.07) is 12.0. The Kier molecular flexibility index (Phi) is 7.16. The summed E-state index contributed by atoms with van der Waals surface area (Å²) in [7, 11) is 5.91. The van der Waals surface area contributed by atoms with Crippen LogP contribution in [-0.2, 0) is 23.1 Å². The van der Waals surface area contributed by atoms with Crippen molar-refractivity contribution < 1.29 is 13.9 Å². The van der Waals surface area contributed by atoms with E-state index in [-0.39, 0.29) is 17.8 Å². The first-order chi connectivity index (χ1) is 15.5. The third-order valence-corrected chi connectivity index (χ3v) is 6.53. The van der Waals surface area contributed by atoms with Crippen LogP contribution in [-0.4, -0.2) is 64.7 Å². The minimum absolute atomic E-state index is 0.0599. The van der Waals surface area contributed by atoms with Crippen LogP contribution < -0.4 is 4.90 Å². The topological polar surface area (TPSA) is 76.6 Å². The molecule has 0 aliphatic carbocycles. The summed E-state index contributed by atoms with van der Waals surface area (Å²) in [4.78, 5) is 17.2. The van der Waals surface area contributed by atoms with Gasteiger partial charge in [-0.2, -0.15) is 0 Å². The highest BCUT2D eigenvalue weighted by Gasteiger charge is 2.24. The van der Waals surface area contributed by atoms with E-state index >= 15 is 0 Å². The molecule has 1 fully saturated rings. The number of carbonyl (C=O) groups excluding carboxylic acids is 1. The first-order valence-electron chi connectivity index (χ1n) is 10.7. The smallest absolute Gasteiger partial charge is 0.233 e. The maximum absolute atomic E-state index is 13.2. The molecule has 1 atom stereocenters. The van der Waals surface area contributed by atoms with Crippen molar-refractivity contribution in [3.63, 3.8) is 0 Å². The lowest BCUT2D eigenvalue weighted by atomic mass is 10.1. The van der Waals surface area contributed by atoms with Crippen LogP contribution in [0.2, 0.25) is 0 Å². The number of benzene rings is 1. The van der Waals surface area contributed by atoms with Gasteiger partial charge in [-0.1, -0.05) is 23.9 Å². The van der Waals surface area contributed by atoms with Crippen molar-refractivity contribution >= 4 is 23.4 Å². The predicted molar refractivity (Wildman–Crippen MR) is 125 cm³/mol. The molecule has 32 heavy (non-hydrogen) atoms. The van der Waals surface area contributed by atoms with Gasteiger partial charge >= 0.3 is 0 Å². The molecule has 4 rings (SSSR count).